The maximum Gasteiger partial charge on any atom is 0.228 e. The number of nitrogens with zero attached hydrogens (tertiary/aromatic N) is 5. The number of hydrogen-bond donors (Lipinski definition) is 0. The molecular weight excluding hydrogens is 362 g/mol. The lowest BCUT2D eigenvalue weighted by Gasteiger charge is -2.32. The van der Waals surface area contributed by atoms with E-state index in [1.54, 1.807) is 11.8 Å². The van der Waals surface area contributed by atoms with Crippen LogP contribution in [0.25, 0.3) is 11.3 Å². The van der Waals surface area contributed by atoms with Gasteiger partial charge in [-0.25, -0.2) is 9.61 Å². The Kier molecular flexibility index (Phi) is 4.91. The van der Waals surface area contributed by atoms with E-state index in [0.717, 1.165) is 28.4 Å². The van der Waals surface area contributed by atoms with Gasteiger partial charge in [0.2, 0.25) is 5.91 Å². The van der Waals surface area contributed by atoms with Crippen molar-refractivity contribution in [2.24, 2.45) is 0 Å². The highest BCUT2D eigenvalue weighted by Gasteiger charge is 2.28. The number of morpholine rings is 1. The number of aromatic nitrogens is 4. The van der Waals surface area contributed by atoms with E-state index in [4.69, 9.17) is 14.2 Å². The molecule has 3 aromatic rings. The molecule has 0 N–H and O–H groups in total. The molecule has 4 rings (SSSR count). The Labute approximate surface area is 161 Å². The molecule has 1 saturated heterocycles. The fourth-order valence-corrected chi connectivity index (χ4v) is 3.34. The normalized spacial score (nSPS) is 17.1. The number of ether oxygens (including phenoxy) is 1. The van der Waals surface area contributed by atoms with Gasteiger partial charge in [-0.3, -0.25) is 4.79 Å². The van der Waals surface area contributed by atoms with Crippen molar-refractivity contribution in [2.75, 3.05) is 19.7 Å². The van der Waals surface area contributed by atoms with E-state index in [1.807, 2.05) is 32.0 Å². The van der Waals surface area contributed by atoms with E-state index >= 15 is 0 Å². The first-order valence-corrected chi connectivity index (χ1v) is 9.10. The van der Waals surface area contributed by atoms with Crippen molar-refractivity contribution in [3.05, 3.63) is 46.7 Å². The second kappa shape index (κ2) is 7.51. The van der Waals surface area contributed by atoms with Crippen molar-refractivity contribution < 1.29 is 18.7 Å². The summed E-state index contributed by atoms with van der Waals surface area (Å²) in [6, 6.07) is 5.76. The lowest BCUT2D eigenvalue weighted by molar-refractivity contribution is -0.138. The van der Waals surface area contributed by atoms with Gasteiger partial charge in [0.25, 0.3) is 0 Å². The molecule has 28 heavy (non-hydrogen) atoms. The molecule has 0 radical (unpaired) electrons. The highest BCUT2D eigenvalue weighted by atomic mass is 16.6. The van der Waals surface area contributed by atoms with Crippen LogP contribution in [0.3, 0.4) is 0 Å². The monoisotopic (exact) mass is 383 g/mol. The van der Waals surface area contributed by atoms with E-state index in [1.165, 1.54) is 0 Å². The molecule has 1 amide bonds. The summed E-state index contributed by atoms with van der Waals surface area (Å²) in [7, 11) is 0. The zero-order chi connectivity index (χ0) is 19.7. The molecule has 1 fully saturated rings. The molecule has 0 aromatic carbocycles. The summed E-state index contributed by atoms with van der Waals surface area (Å²) in [5.41, 5.74) is 4.43. The van der Waals surface area contributed by atoms with Crippen LogP contribution in [0.2, 0.25) is 0 Å². The van der Waals surface area contributed by atoms with Crippen molar-refractivity contribution >= 4 is 5.91 Å². The molecule has 1 atom stereocenters. The first-order chi connectivity index (χ1) is 13.5. The number of rotatable bonds is 4. The maximum absolute atomic E-state index is 12.7. The average molecular weight is 383 g/mol. The molecule has 0 spiro atoms. The first-order valence-electron chi connectivity index (χ1n) is 9.10. The van der Waals surface area contributed by atoms with Crippen LogP contribution in [0.15, 0.2) is 27.4 Å². The number of aryl methyl sites for hydroxylation is 3. The lowest BCUT2D eigenvalue weighted by atomic mass is 10.1. The molecule has 3 aromatic heterocycles. The van der Waals surface area contributed by atoms with Gasteiger partial charge in [-0.05, 0) is 32.9 Å². The Balaban J connectivity index is 1.51. The summed E-state index contributed by atoms with van der Waals surface area (Å²) < 4.78 is 15.8. The van der Waals surface area contributed by atoms with Gasteiger partial charge in [0.05, 0.1) is 42.2 Å². The van der Waals surface area contributed by atoms with Crippen molar-refractivity contribution in [2.45, 2.75) is 33.3 Å². The molecule has 0 bridgehead atoms. The fourth-order valence-electron chi connectivity index (χ4n) is 3.34. The van der Waals surface area contributed by atoms with Crippen molar-refractivity contribution in [1.29, 1.82) is 0 Å². The SMILES string of the molecule is Cc1nonc1CC(=O)N1CCOC(c2cccc(-c3c(C)noc3C)n2)C1. The quantitative estimate of drug-likeness (QED) is 0.675. The number of pyridine rings is 1. The van der Waals surface area contributed by atoms with Gasteiger partial charge >= 0.3 is 0 Å². The summed E-state index contributed by atoms with van der Waals surface area (Å²) >= 11 is 0. The summed E-state index contributed by atoms with van der Waals surface area (Å²) in [6.07, 6.45) is -0.135. The molecule has 9 heteroatoms. The van der Waals surface area contributed by atoms with Crippen molar-refractivity contribution in [1.82, 2.24) is 25.4 Å². The Hall–Kier alpha value is -3.07. The number of hydrogen-bond acceptors (Lipinski definition) is 8. The van der Waals surface area contributed by atoms with Gasteiger partial charge in [-0.15, -0.1) is 0 Å². The maximum atomic E-state index is 12.7. The van der Waals surface area contributed by atoms with E-state index < -0.39 is 0 Å². The fraction of sp³-hybridized carbons (Fsp3) is 0.421. The van der Waals surface area contributed by atoms with Gasteiger partial charge in [0, 0.05) is 6.54 Å². The molecule has 9 nitrogen and oxygen atoms in total. The van der Waals surface area contributed by atoms with Gasteiger partial charge in [0.1, 0.15) is 23.3 Å². The summed E-state index contributed by atoms with van der Waals surface area (Å²) in [5, 5.41) is 11.5. The topological polar surface area (TPSA) is 107 Å². The van der Waals surface area contributed by atoms with Crippen LogP contribution in [0.1, 0.15) is 34.6 Å². The van der Waals surface area contributed by atoms with Crippen molar-refractivity contribution in [3.63, 3.8) is 0 Å². The van der Waals surface area contributed by atoms with Crippen LogP contribution >= 0.6 is 0 Å². The van der Waals surface area contributed by atoms with Crippen molar-refractivity contribution in [3.8, 4) is 11.3 Å². The second-order valence-corrected chi connectivity index (χ2v) is 6.82. The molecule has 4 heterocycles. The predicted octanol–water partition coefficient (Wildman–Crippen LogP) is 2.19. The van der Waals surface area contributed by atoms with E-state index in [9.17, 15) is 4.79 Å². The van der Waals surface area contributed by atoms with Crippen LogP contribution < -0.4 is 0 Å². The van der Waals surface area contributed by atoms with Gasteiger partial charge < -0.3 is 14.2 Å². The molecular formula is C19H21N5O4. The third-order valence-electron chi connectivity index (χ3n) is 4.87. The van der Waals surface area contributed by atoms with Crippen LogP contribution in [0.5, 0.6) is 0 Å². The number of carbonyl (C=O) groups excluding carboxylic acids is 1. The van der Waals surface area contributed by atoms with E-state index in [0.29, 0.717) is 31.1 Å². The Morgan fingerprint density at radius 2 is 2.04 bits per heavy atom. The molecule has 146 valence electrons. The first kappa shape index (κ1) is 18.3. The third-order valence-corrected chi connectivity index (χ3v) is 4.87. The Bertz CT molecular complexity index is 976. The summed E-state index contributed by atoms with van der Waals surface area (Å²) in [5.74, 6) is 0.689. The van der Waals surface area contributed by atoms with Crippen LogP contribution in [0, 0.1) is 20.8 Å². The van der Waals surface area contributed by atoms with E-state index in [2.05, 4.69) is 20.1 Å². The standard InChI is InChI=1S/C19H21N5O4/c1-11-16(23-28-22-11)9-18(25)24-7-8-26-17(10-24)14-5-4-6-15(20-14)19-12(2)21-27-13(19)3/h4-6,17H,7-10H2,1-3H3. The smallest absolute Gasteiger partial charge is 0.228 e. The molecule has 1 unspecified atom stereocenters. The van der Waals surface area contributed by atoms with Crippen LogP contribution in [-0.2, 0) is 16.0 Å². The zero-order valence-electron chi connectivity index (χ0n) is 16.0. The highest BCUT2D eigenvalue weighted by molar-refractivity contribution is 5.78. The summed E-state index contributed by atoms with van der Waals surface area (Å²) in [6.45, 7) is 6.93. The Morgan fingerprint density at radius 1 is 1.18 bits per heavy atom. The molecule has 0 saturated carbocycles. The van der Waals surface area contributed by atoms with Gasteiger partial charge in [-0.2, -0.15) is 0 Å². The summed E-state index contributed by atoms with van der Waals surface area (Å²) in [4.78, 5) is 19.2. The number of amides is 1. The predicted molar refractivity (Wildman–Crippen MR) is 97.2 cm³/mol. The molecule has 1 aliphatic heterocycles. The molecule has 1 aliphatic rings. The Morgan fingerprint density at radius 3 is 2.75 bits per heavy atom. The van der Waals surface area contributed by atoms with Gasteiger partial charge in [0.15, 0.2) is 0 Å². The minimum Gasteiger partial charge on any atom is -0.368 e. The lowest BCUT2D eigenvalue weighted by Crippen LogP contribution is -2.43. The second-order valence-electron chi connectivity index (χ2n) is 6.82. The van der Waals surface area contributed by atoms with Crippen LogP contribution in [-0.4, -0.2) is 51.0 Å². The minimum atomic E-state index is -0.297. The van der Waals surface area contributed by atoms with E-state index in [-0.39, 0.29) is 18.4 Å². The zero-order valence-corrected chi connectivity index (χ0v) is 16.0. The number of carbonyl (C=O) groups is 1. The van der Waals surface area contributed by atoms with Gasteiger partial charge in [-0.1, -0.05) is 21.5 Å². The average Bonchev–Trinajstić information content (AvgIpc) is 3.26. The highest BCUT2D eigenvalue weighted by Crippen LogP contribution is 2.28. The third kappa shape index (κ3) is 3.53. The van der Waals surface area contributed by atoms with Crippen LogP contribution in [0.4, 0.5) is 0 Å². The largest absolute Gasteiger partial charge is 0.368 e. The molecule has 0 aliphatic carbocycles. The minimum absolute atomic E-state index is 0.0334.